The highest BCUT2D eigenvalue weighted by Gasteiger charge is 2.15. The van der Waals surface area contributed by atoms with Crippen molar-refractivity contribution in [3.8, 4) is 0 Å². The molecule has 1 atom stereocenters. The molecule has 0 aliphatic carbocycles. The summed E-state index contributed by atoms with van der Waals surface area (Å²) in [6.45, 7) is 8.48. The van der Waals surface area contributed by atoms with Crippen molar-refractivity contribution in [3.05, 3.63) is 65.2 Å². The van der Waals surface area contributed by atoms with Crippen LogP contribution in [0.25, 0.3) is 0 Å². The van der Waals surface area contributed by atoms with Crippen LogP contribution in [0.15, 0.2) is 48.5 Å². The van der Waals surface area contributed by atoms with Gasteiger partial charge in [-0.3, -0.25) is 4.90 Å². The molecule has 0 aliphatic rings. The maximum Gasteiger partial charge on any atom is 0.0347 e. The number of benzene rings is 2. The highest BCUT2D eigenvalue weighted by molar-refractivity contribution is 5.48. The largest absolute Gasteiger partial charge is 0.399 e. The molecule has 0 fully saturated rings. The molecule has 106 valence electrons. The molecule has 0 saturated heterocycles. The molecule has 0 spiro atoms. The summed E-state index contributed by atoms with van der Waals surface area (Å²) in [5.41, 5.74) is 10.7. The van der Waals surface area contributed by atoms with Crippen LogP contribution in [0.2, 0.25) is 0 Å². The number of rotatable bonds is 5. The van der Waals surface area contributed by atoms with Crippen LogP contribution >= 0.6 is 0 Å². The van der Waals surface area contributed by atoms with Crippen molar-refractivity contribution in [2.75, 3.05) is 12.3 Å². The van der Waals surface area contributed by atoms with E-state index in [9.17, 15) is 0 Å². The number of aryl methyl sites for hydroxylation is 1. The average molecular weight is 268 g/mol. The Kier molecular flexibility index (Phi) is 4.80. The molecule has 0 amide bonds. The Labute approximate surface area is 122 Å². The quantitative estimate of drug-likeness (QED) is 0.825. The summed E-state index contributed by atoms with van der Waals surface area (Å²) in [5.74, 6) is 0. The Morgan fingerprint density at radius 3 is 2.40 bits per heavy atom. The van der Waals surface area contributed by atoms with E-state index in [2.05, 4.69) is 67.3 Å². The summed E-state index contributed by atoms with van der Waals surface area (Å²) in [4.78, 5) is 2.46. The van der Waals surface area contributed by atoms with E-state index in [4.69, 9.17) is 5.73 Å². The van der Waals surface area contributed by atoms with Gasteiger partial charge in [0.25, 0.3) is 0 Å². The molecule has 20 heavy (non-hydrogen) atoms. The van der Waals surface area contributed by atoms with Crippen molar-refractivity contribution < 1.29 is 0 Å². The molecule has 2 rings (SSSR count). The number of nitrogens with two attached hydrogens (primary N) is 1. The monoisotopic (exact) mass is 268 g/mol. The van der Waals surface area contributed by atoms with Crippen molar-refractivity contribution in [2.24, 2.45) is 0 Å². The maximum atomic E-state index is 6.03. The molecule has 2 aromatic rings. The summed E-state index contributed by atoms with van der Waals surface area (Å²) in [7, 11) is 0. The fraction of sp³-hybridized carbons (Fsp3) is 0.333. The van der Waals surface area contributed by atoms with Crippen molar-refractivity contribution in [2.45, 2.75) is 33.4 Å². The highest BCUT2D eigenvalue weighted by Crippen LogP contribution is 2.25. The first-order valence-corrected chi connectivity index (χ1v) is 7.25. The standard InChI is InChI=1S/C18H24N2/c1-4-20(13-16-8-6-5-7-9-16)15(3)17-11-10-14(2)18(19)12-17/h5-12,15H,4,13,19H2,1-3H3/t15-/m0/s1. The number of anilines is 1. The van der Waals surface area contributed by atoms with Gasteiger partial charge in [-0.05, 0) is 43.1 Å². The van der Waals surface area contributed by atoms with Gasteiger partial charge in [-0.2, -0.15) is 0 Å². The van der Waals surface area contributed by atoms with Gasteiger partial charge in [-0.25, -0.2) is 0 Å². The van der Waals surface area contributed by atoms with Crippen LogP contribution in [-0.2, 0) is 6.54 Å². The molecular weight excluding hydrogens is 244 g/mol. The number of hydrogen-bond acceptors (Lipinski definition) is 2. The Hall–Kier alpha value is -1.80. The highest BCUT2D eigenvalue weighted by atomic mass is 15.1. The van der Waals surface area contributed by atoms with Crippen LogP contribution in [0.4, 0.5) is 5.69 Å². The van der Waals surface area contributed by atoms with E-state index in [1.54, 1.807) is 0 Å². The smallest absolute Gasteiger partial charge is 0.0347 e. The van der Waals surface area contributed by atoms with Crippen LogP contribution in [0.1, 0.15) is 36.6 Å². The summed E-state index contributed by atoms with van der Waals surface area (Å²) in [6, 6.07) is 17.4. The van der Waals surface area contributed by atoms with Gasteiger partial charge in [0.05, 0.1) is 0 Å². The third-order valence-corrected chi connectivity index (χ3v) is 3.97. The zero-order valence-corrected chi connectivity index (χ0v) is 12.6. The van der Waals surface area contributed by atoms with Gasteiger partial charge < -0.3 is 5.73 Å². The van der Waals surface area contributed by atoms with Gasteiger partial charge in [-0.1, -0.05) is 49.4 Å². The third-order valence-electron chi connectivity index (χ3n) is 3.97. The van der Waals surface area contributed by atoms with E-state index >= 15 is 0 Å². The number of hydrogen-bond donors (Lipinski definition) is 1. The number of nitrogen functional groups attached to an aromatic ring is 1. The summed E-state index contributed by atoms with van der Waals surface area (Å²) >= 11 is 0. The molecule has 0 saturated carbocycles. The normalized spacial score (nSPS) is 12.6. The molecular formula is C18H24N2. The fourth-order valence-corrected chi connectivity index (χ4v) is 2.47. The minimum absolute atomic E-state index is 0.364. The van der Waals surface area contributed by atoms with E-state index in [0.29, 0.717) is 6.04 Å². The van der Waals surface area contributed by atoms with Gasteiger partial charge in [-0.15, -0.1) is 0 Å². The average Bonchev–Trinajstić information content (AvgIpc) is 2.48. The predicted octanol–water partition coefficient (Wildman–Crippen LogP) is 4.16. The van der Waals surface area contributed by atoms with Gasteiger partial charge in [0.1, 0.15) is 0 Å². The lowest BCUT2D eigenvalue weighted by molar-refractivity contribution is 0.213. The Morgan fingerprint density at radius 1 is 1.10 bits per heavy atom. The van der Waals surface area contributed by atoms with E-state index in [1.807, 2.05) is 6.92 Å². The minimum atomic E-state index is 0.364. The molecule has 0 aromatic heterocycles. The second-order valence-electron chi connectivity index (χ2n) is 5.34. The van der Waals surface area contributed by atoms with Gasteiger partial charge in [0.15, 0.2) is 0 Å². The lowest BCUT2D eigenvalue weighted by atomic mass is 10.0. The lowest BCUT2D eigenvalue weighted by Gasteiger charge is -2.28. The lowest BCUT2D eigenvalue weighted by Crippen LogP contribution is -2.26. The summed E-state index contributed by atoms with van der Waals surface area (Å²) in [5, 5.41) is 0. The number of nitrogens with zero attached hydrogens (tertiary/aromatic N) is 1. The first-order valence-electron chi connectivity index (χ1n) is 7.25. The van der Waals surface area contributed by atoms with Crippen molar-refractivity contribution >= 4 is 5.69 Å². The topological polar surface area (TPSA) is 29.3 Å². The van der Waals surface area contributed by atoms with Gasteiger partial charge in [0.2, 0.25) is 0 Å². The molecule has 0 radical (unpaired) electrons. The second-order valence-corrected chi connectivity index (χ2v) is 5.34. The molecule has 2 heteroatoms. The molecule has 2 aromatic carbocycles. The molecule has 0 bridgehead atoms. The fourth-order valence-electron chi connectivity index (χ4n) is 2.47. The Bertz CT molecular complexity index is 549. The SMILES string of the molecule is CCN(Cc1ccccc1)[C@@H](C)c1ccc(C)c(N)c1. The van der Waals surface area contributed by atoms with Crippen LogP contribution in [0.3, 0.4) is 0 Å². The molecule has 0 unspecified atom stereocenters. The van der Waals surface area contributed by atoms with Crippen LogP contribution < -0.4 is 5.73 Å². The van der Waals surface area contributed by atoms with Crippen molar-refractivity contribution in [3.63, 3.8) is 0 Å². The molecule has 2 nitrogen and oxygen atoms in total. The van der Waals surface area contributed by atoms with E-state index in [-0.39, 0.29) is 0 Å². The first kappa shape index (κ1) is 14.6. The van der Waals surface area contributed by atoms with Gasteiger partial charge >= 0.3 is 0 Å². The van der Waals surface area contributed by atoms with E-state index in [0.717, 1.165) is 24.3 Å². The van der Waals surface area contributed by atoms with Crippen LogP contribution in [0.5, 0.6) is 0 Å². The van der Waals surface area contributed by atoms with E-state index in [1.165, 1.54) is 11.1 Å². The minimum Gasteiger partial charge on any atom is -0.399 e. The van der Waals surface area contributed by atoms with Crippen LogP contribution in [-0.4, -0.2) is 11.4 Å². The Balaban J connectivity index is 2.16. The maximum absolute atomic E-state index is 6.03. The zero-order valence-electron chi connectivity index (χ0n) is 12.6. The Morgan fingerprint density at radius 2 is 1.80 bits per heavy atom. The van der Waals surface area contributed by atoms with Crippen molar-refractivity contribution in [1.82, 2.24) is 4.90 Å². The second kappa shape index (κ2) is 6.58. The van der Waals surface area contributed by atoms with Crippen LogP contribution in [0, 0.1) is 6.92 Å². The van der Waals surface area contributed by atoms with E-state index < -0.39 is 0 Å². The first-order chi connectivity index (χ1) is 9.61. The zero-order chi connectivity index (χ0) is 14.5. The predicted molar refractivity (Wildman–Crippen MR) is 86.5 cm³/mol. The van der Waals surface area contributed by atoms with Crippen molar-refractivity contribution in [1.29, 1.82) is 0 Å². The summed E-state index contributed by atoms with van der Waals surface area (Å²) < 4.78 is 0. The summed E-state index contributed by atoms with van der Waals surface area (Å²) in [6.07, 6.45) is 0. The van der Waals surface area contributed by atoms with Gasteiger partial charge in [0, 0.05) is 18.3 Å². The molecule has 0 heterocycles. The molecule has 0 aliphatic heterocycles. The molecule has 2 N–H and O–H groups in total. The third kappa shape index (κ3) is 3.40.